The lowest BCUT2D eigenvalue weighted by Crippen LogP contribution is -2.10. The molecular formula is C8H9N2. The molecule has 1 aromatic rings. The van der Waals surface area contributed by atoms with E-state index in [-0.39, 0.29) is 5.84 Å². The van der Waals surface area contributed by atoms with Crippen LogP contribution in [0.3, 0.4) is 0 Å². The largest absolute Gasteiger partial charge is 0.384 e. The van der Waals surface area contributed by atoms with E-state index in [1.165, 1.54) is 0 Å². The maximum atomic E-state index is 7.10. The van der Waals surface area contributed by atoms with Crippen molar-refractivity contribution < 1.29 is 0 Å². The van der Waals surface area contributed by atoms with Crippen LogP contribution in [-0.4, -0.2) is 5.84 Å². The first-order chi connectivity index (χ1) is 4.70. The summed E-state index contributed by atoms with van der Waals surface area (Å²) in [7, 11) is 0. The van der Waals surface area contributed by atoms with E-state index in [0.29, 0.717) is 0 Å². The molecule has 0 aliphatic rings. The minimum Gasteiger partial charge on any atom is -0.384 e. The van der Waals surface area contributed by atoms with Crippen LogP contribution in [-0.2, 0) is 0 Å². The number of amidine groups is 1. The van der Waals surface area contributed by atoms with Crippen LogP contribution in [0.4, 0.5) is 0 Å². The molecule has 0 bridgehead atoms. The minimum atomic E-state index is 0.108. The van der Waals surface area contributed by atoms with Crippen molar-refractivity contribution in [1.29, 1.82) is 5.41 Å². The van der Waals surface area contributed by atoms with E-state index in [4.69, 9.17) is 11.1 Å². The lowest BCUT2D eigenvalue weighted by atomic mass is 10.1. The highest BCUT2D eigenvalue weighted by atomic mass is 14.7. The zero-order valence-corrected chi connectivity index (χ0v) is 5.81. The molecule has 0 spiro atoms. The molecule has 1 rings (SSSR count). The third-order valence-electron chi connectivity index (χ3n) is 1.26. The Morgan fingerprint density at radius 2 is 2.40 bits per heavy atom. The van der Waals surface area contributed by atoms with Gasteiger partial charge in [-0.05, 0) is 24.6 Å². The van der Waals surface area contributed by atoms with E-state index in [9.17, 15) is 0 Å². The van der Waals surface area contributed by atoms with Gasteiger partial charge in [0.25, 0.3) is 0 Å². The van der Waals surface area contributed by atoms with Gasteiger partial charge in [-0.3, -0.25) is 5.41 Å². The number of nitrogen functional groups attached to an aromatic ring is 1. The molecule has 0 saturated heterocycles. The molecule has 0 amide bonds. The van der Waals surface area contributed by atoms with E-state index >= 15 is 0 Å². The number of aryl methyl sites for hydroxylation is 1. The van der Waals surface area contributed by atoms with Crippen LogP contribution in [0.2, 0.25) is 0 Å². The summed E-state index contributed by atoms with van der Waals surface area (Å²) in [5, 5.41) is 7.10. The van der Waals surface area contributed by atoms with E-state index in [1.807, 2.05) is 13.0 Å². The van der Waals surface area contributed by atoms with E-state index in [0.717, 1.165) is 11.1 Å². The number of hydrogen-bond acceptors (Lipinski definition) is 1. The van der Waals surface area contributed by atoms with Gasteiger partial charge >= 0.3 is 0 Å². The molecule has 0 aliphatic heterocycles. The summed E-state index contributed by atoms with van der Waals surface area (Å²) < 4.78 is 0. The SMILES string of the molecule is Cc1[c]ccc(C(=N)N)c1. The van der Waals surface area contributed by atoms with Gasteiger partial charge in [0.15, 0.2) is 0 Å². The summed E-state index contributed by atoms with van der Waals surface area (Å²) in [5.41, 5.74) is 7.02. The van der Waals surface area contributed by atoms with Gasteiger partial charge in [0.1, 0.15) is 5.84 Å². The van der Waals surface area contributed by atoms with Crippen molar-refractivity contribution in [2.45, 2.75) is 6.92 Å². The van der Waals surface area contributed by atoms with Gasteiger partial charge in [-0.15, -0.1) is 0 Å². The van der Waals surface area contributed by atoms with Crippen molar-refractivity contribution >= 4 is 5.84 Å². The normalized spacial score (nSPS) is 9.30. The molecule has 2 heteroatoms. The van der Waals surface area contributed by atoms with Crippen LogP contribution in [0.15, 0.2) is 18.2 Å². The van der Waals surface area contributed by atoms with Crippen molar-refractivity contribution in [3.05, 3.63) is 35.4 Å². The second kappa shape index (κ2) is 2.52. The molecule has 1 aromatic carbocycles. The summed E-state index contributed by atoms with van der Waals surface area (Å²) >= 11 is 0. The smallest absolute Gasteiger partial charge is 0.122 e. The van der Waals surface area contributed by atoms with Crippen LogP contribution < -0.4 is 5.73 Å². The Kier molecular flexibility index (Phi) is 1.71. The fraction of sp³-hybridized carbons (Fsp3) is 0.125. The number of nitrogens with two attached hydrogens (primary N) is 1. The van der Waals surface area contributed by atoms with Crippen LogP contribution in [0.5, 0.6) is 0 Å². The number of nitrogens with one attached hydrogen (secondary N) is 1. The molecule has 0 unspecified atom stereocenters. The van der Waals surface area contributed by atoms with E-state index < -0.39 is 0 Å². The van der Waals surface area contributed by atoms with Crippen molar-refractivity contribution in [1.82, 2.24) is 0 Å². The van der Waals surface area contributed by atoms with Gasteiger partial charge in [-0.1, -0.05) is 12.1 Å². The summed E-state index contributed by atoms with van der Waals surface area (Å²) in [6, 6.07) is 8.35. The monoisotopic (exact) mass is 133 g/mol. The van der Waals surface area contributed by atoms with Crippen molar-refractivity contribution in [2.24, 2.45) is 5.73 Å². The lowest BCUT2D eigenvalue weighted by molar-refractivity contribution is 1.39. The Balaban J connectivity index is 3.07. The molecule has 0 fully saturated rings. The van der Waals surface area contributed by atoms with Gasteiger partial charge in [-0.25, -0.2) is 0 Å². The molecule has 3 N–H and O–H groups in total. The Bertz CT molecular complexity index is 253. The van der Waals surface area contributed by atoms with E-state index in [1.54, 1.807) is 12.1 Å². The fourth-order valence-corrected chi connectivity index (χ4v) is 0.753. The van der Waals surface area contributed by atoms with Gasteiger partial charge in [0.2, 0.25) is 0 Å². The maximum absolute atomic E-state index is 7.10. The van der Waals surface area contributed by atoms with Gasteiger partial charge in [-0.2, -0.15) is 0 Å². The third-order valence-corrected chi connectivity index (χ3v) is 1.26. The van der Waals surface area contributed by atoms with Gasteiger partial charge in [0.05, 0.1) is 0 Å². The first kappa shape index (κ1) is 6.81. The second-order valence-electron chi connectivity index (χ2n) is 2.17. The first-order valence-corrected chi connectivity index (χ1v) is 3.03. The third kappa shape index (κ3) is 1.35. The molecule has 2 nitrogen and oxygen atoms in total. The van der Waals surface area contributed by atoms with Crippen molar-refractivity contribution in [2.75, 3.05) is 0 Å². The standard InChI is InChI=1S/C8H9N2/c1-6-3-2-4-7(5-6)8(9)10/h2,4-5H,1H3,(H3,9,10). The van der Waals surface area contributed by atoms with Gasteiger partial charge in [0, 0.05) is 5.56 Å². The Morgan fingerprint density at radius 3 is 2.80 bits per heavy atom. The number of rotatable bonds is 1. The number of benzene rings is 1. The molecule has 0 heterocycles. The molecule has 1 radical (unpaired) electrons. The molecule has 0 saturated carbocycles. The van der Waals surface area contributed by atoms with Crippen LogP contribution in [0.1, 0.15) is 11.1 Å². The highest BCUT2D eigenvalue weighted by molar-refractivity contribution is 5.94. The van der Waals surface area contributed by atoms with Crippen LogP contribution >= 0.6 is 0 Å². The molecule has 10 heavy (non-hydrogen) atoms. The maximum Gasteiger partial charge on any atom is 0.122 e. The zero-order valence-electron chi connectivity index (χ0n) is 5.81. The van der Waals surface area contributed by atoms with Crippen molar-refractivity contribution in [3.8, 4) is 0 Å². The quantitative estimate of drug-likeness (QED) is 0.437. The van der Waals surface area contributed by atoms with Crippen LogP contribution in [0, 0.1) is 18.4 Å². The summed E-state index contributed by atoms with van der Waals surface area (Å²) in [6.07, 6.45) is 0. The van der Waals surface area contributed by atoms with Crippen molar-refractivity contribution in [3.63, 3.8) is 0 Å². The topological polar surface area (TPSA) is 49.9 Å². The lowest BCUT2D eigenvalue weighted by Gasteiger charge is -1.96. The number of hydrogen-bond donors (Lipinski definition) is 2. The minimum absolute atomic E-state index is 0.108. The van der Waals surface area contributed by atoms with Crippen LogP contribution in [0.25, 0.3) is 0 Å². The highest BCUT2D eigenvalue weighted by Gasteiger charge is 1.93. The molecule has 0 atom stereocenters. The first-order valence-electron chi connectivity index (χ1n) is 3.03. The predicted octanol–water partition coefficient (Wildman–Crippen LogP) is 1.08. The molecular weight excluding hydrogens is 124 g/mol. The summed E-state index contributed by atoms with van der Waals surface area (Å²) in [5.74, 6) is 0.108. The Morgan fingerprint density at radius 1 is 1.70 bits per heavy atom. The average Bonchev–Trinajstić information content (AvgIpc) is 1.88. The van der Waals surface area contributed by atoms with Gasteiger partial charge < -0.3 is 5.73 Å². The molecule has 0 aromatic heterocycles. The fourth-order valence-electron chi connectivity index (χ4n) is 0.753. The van der Waals surface area contributed by atoms with E-state index in [2.05, 4.69) is 6.07 Å². The Hall–Kier alpha value is -1.31. The average molecular weight is 133 g/mol. The highest BCUT2D eigenvalue weighted by Crippen LogP contribution is 2.00. The Labute approximate surface area is 60.2 Å². The molecule has 0 aliphatic carbocycles. The molecule has 51 valence electrons. The summed E-state index contributed by atoms with van der Waals surface area (Å²) in [6.45, 7) is 1.92. The predicted molar refractivity (Wildman–Crippen MR) is 41.0 cm³/mol. The second-order valence-corrected chi connectivity index (χ2v) is 2.17. The summed E-state index contributed by atoms with van der Waals surface area (Å²) in [4.78, 5) is 0. The zero-order chi connectivity index (χ0) is 7.56.